The van der Waals surface area contributed by atoms with Gasteiger partial charge in [0.15, 0.2) is 0 Å². The van der Waals surface area contributed by atoms with Crippen molar-refractivity contribution in [2.75, 3.05) is 0 Å². The van der Waals surface area contributed by atoms with Crippen LogP contribution < -0.4 is 0 Å². The molecule has 0 saturated carbocycles. The SMILES string of the molecule is C=C(C)c1ccc(-c2ccc(C(C)C)cc2F)cc1. The van der Waals surface area contributed by atoms with Gasteiger partial charge in [0.25, 0.3) is 0 Å². The van der Waals surface area contributed by atoms with Gasteiger partial charge in [-0.15, -0.1) is 0 Å². The number of allylic oxidation sites excluding steroid dienone is 1. The number of halogens is 1. The summed E-state index contributed by atoms with van der Waals surface area (Å²) in [5, 5.41) is 0. The zero-order valence-corrected chi connectivity index (χ0v) is 11.7. The van der Waals surface area contributed by atoms with Crippen molar-refractivity contribution in [2.24, 2.45) is 0 Å². The number of rotatable bonds is 3. The Labute approximate surface area is 114 Å². The molecule has 0 aliphatic rings. The molecule has 0 aliphatic carbocycles. The highest BCUT2D eigenvalue weighted by molar-refractivity contribution is 5.69. The largest absolute Gasteiger partial charge is 0.206 e. The monoisotopic (exact) mass is 254 g/mol. The molecule has 0 unspecified atom stereocenters. The van der Waals surface area contributed by atoms with E-state index in [4.69, 9.17) is 0 Å². The van der Waals surface area contributed by atoms with Crippen LogP contribution in [-0.4, -0.2) is 0 Å². The zero-order chi connectivity index (χ0) is 14.0. The van der Waals surface area contributed by atoms with E-state index >= 15 is 0 Å². The van der Waals surface area contributed by atoms with Gasteiger partial charge in [-0.3, -0.25) is 0 Å². The molecule has 0 radical (unpaired) electrons. The summed E-state index contributed by atoms with van der Waals surface area (Å²) >= 11 is 0. The van der Waals surface area contributed by atoms with Crippen LogP contribution in [-0.2, 0) is 0 Å². The molecule has 19 heavy (non-hydrogen) atoms. The Hall–Kier alpha value is -1.89. The van der Waals surface area contributed by atoms with Gasteiger partial charge in [-0.1, -0.05) is 62.4 Å². The van der Waals surface area contributed by atoms with Gasteiger partial charge in [0.05, 0.1) is 0 Å². The summed E-state index contributed by atoms with van der Waals surface area (Å²) in [5.41, 5.74) is 4.68. The lowest BCUT2D eigenvalue weighted by Crippen LogP contribution is -1.91. The molecule has 0 saturated heterocycles. The summed E-state index contributed by atoms with van der Waals surface area (Å²) in [7, 11) is 0. The molecule has 2 aromatic carbocycles. The number of hydrogen-bond acceptors (Lipinski definition) is 0. The van der Waals surface area contributed by atoms with Crippen LogP contribution in [0.1, 0.15) is 37.8 Å². The van der Waals surface area contributed by atoms with Gasteiger partial charge >= 0.3 is 0 Å². The summed E-state index contributed by atoms with van der Waals surface area (Å²) in [6.45, 7) is 10.00. The molecular formula is C18H19F. The molecule has 0 atom stereocenters. The van der Waals surface area contributed by atoms with E-state index in [1.54, 1.807) is 6.07 Å². The Morgan fingerprint density at radius 3 is 2.16 bits per heavy atom. The first-order valence-electron chi connectivity index (χ1n) is 6.55. The van der Waals surface area contributed by atoms with Crippen molar-refractivity contribution < 1.29 is 4.39 Å². The van der Waals surface area contributed by atoms with Gasteiger partial charge < -0.3 is 0 Å². The minimum Gasteiger partial charge on any atom is -0.206 e. The van der Waals surface area contributed by atoms with E-state index in [0.29, 0.717) is 11.5 Å². The summed E-state index contributed by atoms with van der Waals surface area (Å²) in [5.74, 6) is 0.184. The molecule has 0 aliphatic heterocycles. The van der Waals surface area contributed by atoms with Gasteiger partial charge in [0.2, 0.25) is 0 Å². The quantitative estimate of drug-likeness (QED) is 0.664. The Balaban J connectivity index is 2.39. The van der Waals surface area contributed by atoms with Crippen molar-refractivity contribution in [3.05, 3.63) is 66.0 Å². The van der Waals surface area contributed by atoms with E-state index in [1.165, 1.54) is 0 Å². The van der Waals surface area contributed by atoms with E-state index in [9.17, 15) is 4.39 Å². The van der Waals surface area contributed by atoms with Gasteiger partial charge in [-0.25, -0.2) is 4.39 Å². The molecule has 0 amide bonds. The van der Waals surface area contributed by atoms with Crippen LogP contribution in [0.15, 0.2) is 49.0 Å². The fourth-order valence-corrected chi connectivity index (χ4v) is 2.06. The molecule has 2 aromatic rings. The molecular weight excluding hydrogens is 235 g/mol. The van der Waals surface area contributed by atoms with E-state index in [0.717, 1.165) is 22.3 Å². The highest BCUT2D eigenvalue weighted by Gasteiger charge is 2.08. The predicted molar refractivity (Wildman–Crippen MR) is 80.6 cm³/mol. The second-order valence-corrected chi connectivity index (χ2v) is 5.25. The smallest absolute Gasteiger partial charge is 0.131 e. The van der Waals surface area contributed by atoms with Crippen LogP contribution in [0.25, 0.3) is 16.7 Å². The average molecular weight is 254 g/mol. The molecule has 0 aromatic heterocycles. The summed E-state index contributed by atoms with van der Waals surface area (Å²) < 4.78 is 14.1. The lowest BCUT2D eigenvalue weighted by Gasteiger charge is -2.09. The van der Waals surface area contributed by atoms with Gasteiger partial charge in [0, 0.05) is 5.56 Å². The van der Waals surface area contributed by atoms with Gasteiger partial charge in [0.1, 0.15) is 5.82 Å². The molecule has 0 heterocycles. The maximum atomic E-state index is 14.1. The van der Waals surface area contributed by atoms with E-state index in [2.05, 4.69) is 20.4 Å². The van der Waals surface area contributed by atoms with E-state index < -0.39 is 0 Å². The lowest BCUT2D eigenvalue weighted by molar-refractivity contribution is 0.627. The fraction of sp³-hybridized carbons (Fsp3) is 0.222. The Bertz CT molecular complexity index is 592. The minimum atomic E-state index is -0.158. The third-order valence-corrected chi connectivity index (χ3v) is 3.35. The van der Waals surface area contributed by atoms with Gasteiger partial charge in [-0.2, -0.15) is 0 Å². The third kappa shape index (κ3) is 2.93. The summed E-state index contributed by atoms with van der Waals surface area (Å²) in [4.78, 5) is 0. The van der Waals surface area contributed by atoms with Crippen LogP contribution >= 0.6 is 0 Å². The first-order chi connectivity index (χ1) is 8.99. The van der Waals surface area contributed by atoms with Crippen LogP contribution in [0, 0.1) is 5.82 Å². The molecule has 0 N–H and O–H groups in total. The Morgan fingerprint density at radius 2 is 1.68 bits per heavy atom. The lowest BCUT2D eigenvalue weighted by atomic mass is 9.97. The third-order valence-electron chi connectivity index (χ3n) is 3.35. The van der Waals surface area contributed by atoms with Crippen molar-refractivity contribution in [3.63, 3.8) is 0 Å². The van der Waals surface area contributed by atoms with Crippen molar-refractivity contribution in [1.29, 1.82) is 0 Å². The first kappa shape index (κ1) is 13.5. The summed E-state index contributed by atoms with van der Waals surface area (Å²) in [6, 6.07) is 13.3. The maximum absolute atomic E-state index is 14.1. The van der Waals surface area contributed by atoms with Crippen molar-refractivity contribution >= 4 is 5.57 Å². The highest BCUT2D eigenvalue weighted by Crippen LogP contribution is 2.27. The number of hydrogen-bond donors (Lipinski definition) is 0. The Kier molecular flexibility index (Phi) is 3.84. The van der Waals surface area contributed by atoms with Crippen LogP contribution in [0.4, 0.5) is 4.39 Å². The Morgan fingerprint density at radius 1 is 1.05 bits per heavy atom. The van der Waals surface area contributed by atoms with E-state index in [-0.39, 0.29) is 5.82 Å². The molecule has 1 heteroatoms. The molecule has 0 nitrogen and oxygen atoms in total. The number of benzene rings is 2. The fourth-order valence-electron chi connectivity index (χ4n) is 2.06. The van der Waals surface area contributed by atoms with Crippen LogP contribution in [0.2, 0.25) is 0 Å². The molecule has 98 valence electrons. The predicted octanol–water partition coefficient (Wildman–Crippen LogP) is 5.65. The van der Waals surface area contributed by atoms with Crippen molar-refractivity contribution in [2.45, 2.75) is 26.7 Å². The molecule has 0 spiro atoms. The van der Waals surface area contributed by atoms with E-state index in [1.807, 2.05) is 43.3 Å². The maximum Gasteiger partial charge on any atom is 0.131 e. The molecule has 0 fully saturated rings. The minimum absolute atomic E-state index is 0.158. The highest BCUT2D eigenvalue weighted by atomic mass is 19.1. The standard InChI is InChI=1S/C18H19F/c1-12(2)14-5-7-15(8-6-14)17-10-9-16(13(3)4)11-18(17)19/h5-11,13H,1H2,2-4H3. The second kappa shape index (κ2) is 5.40. The zero-order valence-electron chi connectivity index (χ0n) is 11.7. The van der Waals surface area contributed by atoms with Crippen LogP contribution in [0.3, 0.4) is 0 Å². The normalized spacial score (nSPS) is 10.8. The first-order valence-corrected chi connectivity index (χ1v) is 6.55. The van der Waals surface area contributed by atoms with Crippen molar-refractivity contribution in [3.8, 4) is 11.1 Å². The topological polar surface area (TPSA) is 0 Å². The summed E-state index contributed by atoms with van der Waals surface area (Å²) in [6.07, 6.45) is 0. The second-order valence-electron chi connectivity index (χ2n) is 5.25. The average Bonchev–Trinajstić information content (AvgIpc) is 2.38. The molecule has 2 rings (SSSR count). The molecule has 0 bridgehead atoms. The van der Waals surface area contributed by atoms with Crippen molar-refractivity contribution in [1.82, 2.24) is 0 Å². The van der Waals surface area contributed by atoms with Gasteiger partial charge in [-0.05, 0) is 35.6 Å². The van der Waals surface area contributed by atoms with Crippen LogP contribution in [0.5, 0.6) is 0 Å².